The predicted molar refractivity (Wildman–Crippen MR) is 55.8 cm³/mol. The van der Waals surface area contributed by atoms with Crippen molar-refractivity contribution in [2.24, 2.45) is 11.8 Å². The highest BCUT2D eigenvalue weighted by molar-refractivity contribution is 4.87. The van der Waals surface area contributed by atoms with Crippen molar-refractivity contribution in [3.05, 3.63) is 0 Å². The van der Waals surface area contributed by atoms with Crippen molar-refractivity contribution in [1.29, 1.82) is 0 Å². The van der Waals surface area contributed by atoms with Crippen molar-refractivity contribution < 1.29 is 0 Å². The first kappa shape index (κ1) is 9.47. The molecule has 2 nitrogen and oxygen atoms in total. The summed E-state index contributed by atoms with van der Waals surface area (Å²) in [5.74, 6) is 1.84. The molecule has 1 atom stereocenters. The maximum atomic E-state index is 3.36. The van der Waals surface area contributed by atoms with E-state index in [-0.39, 0.29) is 0 Å². The van der Waals surface area contributed by atoms with Gasteiger partial charge in [-0.25, -0.2) is 0 Å². The first-order chi connectivity index (χ1) is 6.31. The summed E-state index contributed by atoms with van der Waals surface area (Å²) in [5, 5.41) is 3.36. The Hall–Kier alpha value is -0.0800. The van der Waals surface area contributed by atoms with Crippen LogP contribution < -0.4 is 5.32 Å². The van der Waals surface area contributed by atoms with Crippen molar-refractivity contribution in [3.8, 4) is 0 Å². The van der Waals surface area contributed by atoms with Gasteiger partial charge in [-0.15, -0.1) is 0 Å². The van der Waals surface area contributed by atoms with Crippen molar-refractivity contribution in [2.75, 3.05) is 26.2 Å². The normalized spacial score (nSPS) is 26.1. The molecule has 2 fully saturated rings. The van der Waals surface area contributed by atoms with E-state index in [1.807, 2.05) is 0 Å². The standard InChI is InChI=1S/C11H22N2/c1-3-13(11-4-5-11)8-9(2)10-6-12-7-10/h9-12H,3-8H2,1-2H3. The van der Waals surface area contributed by atoms with Crippen LogP contribution >= 0.6 is 0 Å². The average molecular weight is 182 g/mol. The smallest absolute Gasteiger partial charge is 0.00964 e. The topological polar surface area (TPSA) is 15.3 Å². The zero-order chi connectivity index (χ0) is 9.26. The molecular formula is C11H22N2. The van der Waals surface area contributed by atoms with E-state index in [9.17, 15) is 0 Å². The lowest BCUT2D eigenvalue weighted by molar-refractivity contribution is 0.165. The van der Waals surface area contributed by atoms with Gasteiger partial charge in [0.15, 0.2) is 0 Å². The second-order valence-corrected chi connectivity index (χ2v) is 4.71. The third-order valence-corrected chi connectivity index (χ3v) is 3.61. The first-order valence-corrected chi connectivity index (χ1v) is 5.76. The number of nitrogens with zero attached hydrogens (tertiary/aromatic N) is 1. The lowest BCUT2D eigenvalue weighted by Crippen LogP contribution is -2.48. The van der Waals surface area contributed by atoms with Crippen LogP contribution in [0.3, 0.4) is 0 Å². The molecule has 1 heterocycles. The molecule has 0 amide bonds. The third-order valence-electron chi connectivity index (χ3n) is 3.61. The highest BCUT2D eigenvalue weighted by Crippen LogP contribution is 2.28. The summed E-state index contributed by atoms with van der Waals surface area (Å²) >= 11 is 0. The molecular weight excluding hydrogens is 160 g/mol. The van der Waals surface area contributed by atoms with E-state index in [0.29, 0.717) is 0 Å². The maximum Gasteiger partial charge on any atom is 0.00964 e. The molecule has 0 spiro atoms. The summed E-state index contributed by atoms with van der Waals surface area (Å²) in [6.45, 7) is 9.79. The van der Waals surface area contributed by atoms with E-state index >= 15 is 0 Å². The van der Waals surface area contributed by atoms with Gasteiger partial charge < -0.3 is 10.2 Å². The lowest BCUT2D eigenvalue weighted by Gasteiger charge is -2.35. The second kappa shape index (κ2) is 3.97. The molecule has 2 heteroatoms. The Kier molecular flexibility index (Phi) is 2.89. The molecule has 0 aromatic rings. The molecule has 1 unspecified atom stereocenters. The highest BCUT2D eigenvalue weighted by atomic mass is 15.2. The largest absolute Gasteiger partial charge is 0.316 e. The Balaban J connectivity index is 1.73. The number of rotatable bonds is 5. The van der Waals surface area contributed by atoms with Gasteiger partial charge in [0.05, 0.1) is 0 Å². The van der Waals surface area contributed by atoms with Gasteiger partial charge in [-0.2, -0.15) is 0 Å². The van der Waals surface area contributed by atoms with E-state index in [1.54, 1.807) is 0 Å². The Morgan fingerprint density at radius 1 is 1.38 bits per heavy atom. The molecule has 1 saturated heterocycles. The van der Waals surface area contributed by atoms with E-state index in [1.165, 1.54) is 39.0 Å². The minimum Gasteiger partial charge on any atom is -0.316 e. The van der Waals surface area contributed by atoms with Gasteiger partial charge in [0.2, 0.25) is 0 Å². The quantitative estimate of drug-likeness (QED) is 0.690. The van der Waals surface area contributed by atoms with Gasteiger partial charge >= 0.3 is 0 Å². The zero-order valence-electron chi connectivity index (χ0n) is 8.92. The lowest BCUT2D eigenvalue weighted by atomic mass is 9.88. The third kappa shape index (κ3) is 2.23. The molecule has 2 aliphatic rings. The molecule has 0 aromatic heterocycles. The summed E-state index contributed by atoms with van der Waals surface area (Å²) < 4.78 is 0. The second-order valence-electron chi connectivity index (χ2n) is 4.71. The molecule has 1 saturated carbocycles. The molecule has 0 radical (unpaired) electrons. The highest BCUT2D eigenvalue weighted by Gasteiger charge is 2.31. The maximum absolute atomic E-state index is 3.36. The van der Waals surface area contributed by atoms with Crippen LogP contribution in [0.5, 0.6) is 0 Å². The Bertz CT molecular complexity index is 161. The average Bonchev–Trinajstić information content (AvgIpc) is 2.79. The van der Waals surface area contributed by atoms with E-state index in [2.05, 4.69) is 24.1 Å². The zero-order valence-corrected chi connectivity index (χ0v) is 8.92. The van der Waals surface area contributed by atoms with Crippen LogP contribution in [0.25, 0.3) is 0 Å². The summed E-state index contributed by atoms with van der Waals surface area (Å²) in [7, 11) is 0. The van der Waals surface area contributed by atoms with E-state index in [0.717, 1.165) is 17.9 Å². The van der Waals surface area contributed by atoms with Crippen LogP contribution in [0.4, 0.5) is 0 Å². The molecule has 13 heavy (non-hydrogen) atoms. The molecule has 1 aliphatic carbocycles. The predicted octanol–water partition coefficient (Wildman–Crippen LogP) is 1.33. The molecule has 1 N–H and O–H groups in total. The Morgan fingerprint density at radius 3 is 2.46 bits per heavy atom. The Labute approximate surface area is 81.7 Å². The van der Waals surface area contributed by atoms with Crippen molar-refractivity contribution in [3.63, 3.8) is 0 Å². The van der Waals surface area contributed by atoms with E-state index < -0.39 is 0 Å². The minimum absolute atomic E-state index is 0.891. The summed E-state index contributed by atoms with van der Waals surface area (Å²) in [5.41, 5.74) is 0. The summed E-state index contributed by atoms with van der Waals surface area (Å²) in [4.78, 5) is 2.67. The van der Waals surface area contributed by atoms with Crippen LogP contribution in [0.2, 0.25) is 0 Å². The molecule has 2 rings (SSSR count). The number of nitrogens with one attached hydrogen (secondary N) is 1. The van der Waals surface area contributed by atoms with Crippen molar-refractivity contribution in [2.45, 2.75) is 32.7 Å². The van der Waals surface area contributed by atoms with Crippen LogP contribution in [-0.4, -0.2) is 37.1 Å². The fourth-order valence-electron chi connectivity index (χ4n) is 2.21. The molecule has 76 valence electrons. The number of hydrogen-bond acceptors (Lipinski definition) is 2. The van der Waals surface area contributed by atoms with Gasteiger partial charge in [-0.1, -0.05) is 13.8 Å². The van der Waals surface area contributed by atoms with Crippen LogP contribution in [0, 0.1) is 11.8 Å². The molecule has 1 aliphatic heterocycles. The summed E-state index contributed by atoms with van der Waals surface area (Å²) in [6, 6.07) is 0.945. The van der Waals surface area contributed by atoms with Crippen LogP contribution in [-0.2, 0) is 0 Å². The van der Waals surface area contributed by atoms with Crippen LogP contribution in [0.15, 0.2) is 0 Å². The van der Waals surface area contributed by atoms with E-state index in [4.69, 9.17) is 0 Å². The SMILES string of the molecule is CCN(CC(C)C1CNC1)C1CC1. The summed E-state index contributed by atoms with van der Waals surface area (Å²) in [6.07, 6.45) is 2.90. The fraction of sp³-hybridized carbons (Fsp3) is 1.00. The van der Waals surface area contributed by atoms with Gasteiger partial charge in [-0.3, -0.25) is 0 Å². The van der Waals surface area contributed by atoms with Crippen molar-refractivity contribution in [1.82, 2.24) is 10.2 Å². The van der Waals surface area contributed by atoms with Gasteiger partial charge in [-0.05, 0) is 44.3 Å². The molecule has 0 bridgehead atoms. The van der Waals surface area contributed by atoms with Gasteiger partial charge in [0.1, 0.15) is 0 Å². The van der Waals surface area contributed by atoms with Gasteiger partial charge in [0.25, 0.3) is 0 Å². The van der Waals surface area contributed by atoms with Gasteiger partial charge in [0, 0.05) is 12.6 Å². The minimum atomic E-state index is 0.891. The number of hydrogen-bond donors (Lipinski definition) is 1. The van der Waals surface area contributed by atoms with Crippen molar-refractivity contribution >= 4 is 0 Å². The Morgan fingerprint density at radius 2 is 2.08 bits per heavy atom. The van der Waals surface area contributed by atoms with Crippen LogP contribution in [0.1, 0.15) is 26.7 Å². The molecule has 0 aromatic carbocycles. The monoisotopic (exact) mass is 182 g/mol. The fourth-order valence-corrected chi connectivity index (χ4v) is 2.21. The first-order valence-electron chi connectivity index (χ1n) is 5.76.